The third kappa shape index (κ3) is 5.82. The Hall–Kier alpha value is -3.64. The van der Waals surface area contributed by atoms with Crippen LogP contribution in [0.4, 0.5) is 0 Å². The third-order valence-corrected chi connectivity index (χ3v) is 8.19. The van der Waals surface area contributed by atoms with Crippen LogP contribution in [0.3, 0.4) is 0 Å². The molecular formula is C31H38N2O9. The molecule has 3 aliphatic rings. The molecule has 2 heterocycles. The van der Waals surface area contributed by atoms with Gasteiger partial charge in [0.05, 0.1) is 51.9 Å². The normalized spacial score (nSPS) is 24.2. The molecule has 0 spiro atoms. The Morgan fingerprint density at radius 2 is 1.95 bits per heavy atom. The van der Waals surface area contributed by atoms with Crippen molar-refractivity contribution in [2.45, 2.75) is 43.6 Å². The molecule has 1 fully saturated rings. The minimum atomic E-state index is -1.18. The lowest BCUT2D eigenvalue weighted by Crippen LogP contribution is -2.57. The van der Waals surface area contributed by atoms with E-state index in [2.05, 4.69) is 5.32 Å². The molecule has 2 aromatic carbocycles. The molecule has 226 valence electrons. The predicted molar refractivity (Wildman–Crippen MR) is 151 cm³/mol. The van der Waals surface area contributed by atoms with E-state index in [1.54, 1.807) is 30.2 Å². The lowest BCUT2D eigenvalue weighted by molar-refractivity contribution is -0.141. The van der Waals surface area contributed by atoms with Crippen molar-refractivity contribution in [2.24, 2.45) is 5.92 Å². The van der Waals surface area contributed by atoms with Crippen LogP contribution in [0, 0.1) is 5.92 Å². The molecule has 0 aromatic heterocycles. The number of hydrogen-bond acceptors (Lipinski definition) is 9. The quantitative estimate of drug-likeness (QED) is 0.304. The minimum Gasteiger partial charge on any atom is -0.497 e. The average Bonchev–Trinajstić information content (AvgIpc) is 3.69. The first-order valence-electron chi connectivity index (χ1n) is 14.2. The minimum absolute atomic E-state index is 0.0341. The number of aliphatic hydroxyl groups is 3. The van der Waals surface area contributed by atoms with Crippen LogP contribution in [-0.4, -0.2) is 97.4 Å². The van der Waals surface area contributed by atoms with Gasteiger partial charge in [0, 0.05) is 30.8 Å². The zero-order valence-corrected chi connectivity index (χ0v) is 23.8. The summed E-state index contributed by atoms with van der Waals surface area (Å²) in [5, 5.41) is 33.8. The number of aliphatic hydroxyl groups excluding tert-OH is 3. The SMILES string of the molecule is COc1cccc(CCN(C(=O)C2CCOC2)[C@@H]2C=C(C(=O)NCCO)[C@@H]3c4cc(CO)cc(OC)c4O[C@@H]3[C@H]2O)c1. The van der Waals surface area contributed by atoms with Crippen LogP contribution in [0.25, 0.3) is 0 Å². The van der Waals surface area contributed by atoms with Gasteiger partial charge in [-0.05, 0) is 54.3 Å². The Morgan fingerprint density at radius 1 is 1.12 bits per heavy atom. The lowest BCUT2D eigenvalue weighted by Gasteiger charge is -2.41. The van der Waals surface area contributed by atoms with Crippen LogP contribution in [0.5, 0.6) is 17.2 Å². The van der Waals surface area contributed by atoms with Gasteiger partial charge >= 0.3 is 0 Å². The monoisotopic (exact) mass is 582 g/mol. The standard InChI is InChI=1S/C31H38N2O9/c1-39-21-5-3-4-18(12-21)6-9-33(31(38)20-7-11-41-17-20)24-15-23(30(37)32-8-10-34)26-22-13-19(16-35)14-25(40-2)28(22)42-29(26)27(24)36/h3-5,12-15,20,24,26-27,29,34-36H,6-11,16-17H2,1-2H3,(H,32,37)/t20?,24-,26+,27+,29+/m1/s1. The first-order valence-corrected chi connectivity index (χ1v) is 14.2. The predicted octanol–water partition coefficient (Wildman–Crippen LogP) is 0.927. The van der Waals surface area contributed by atoms with Crippen molar-refractivity contribution in [1.82, 2.24) is 10.2 Å². The van der Waals surface area contributed by atoms with Gasteiger partial charge in [-0.3, -0.25) is 9.59 Å². The molecule has 5 atom stereocenters. The van der Waals surface area contributed by atoms with E-state index < -0.39 is 30.1 Å². The van der Waals surface area contributed by atoms with Gasteiger partial charge in [-0.2, -0.15) is 0 Å². The second kappa shape index (κ2) is 13.1. The number of rotatable bonds is 11. The van der Waals surface area contributed by atoms with Crippen LogP contribution in [0.1, 0.15) is 29.0 Å². The summed E-state index contributed by atoms with van der Waals surface area (Å²) in [7, 11) is 3.07. The summed E-state index contributed by atoms with van der Waals surface area (Å²) < 4.78 is 22.7. The van der Waals surface area contributed by atoms with E-state index in [9.17, 15) is 24.9 Å². The zero-order chi connectivity index (χ0) is 29.8. The summed E-state index contributed by atoms with van der Waals surface area (Å²) in [6, 6.07) is 10.1. The fraction of sp³-hybridized carbons (Fsp3) is 0.484. The smallest absolute Gasteiger partial charge is 0.247 e. The summed E-state index contributed by atoms with van der Waals surface area (Å²) in [6.45, 7) is 0.578. The fourth-order valence-corrected chi connectivity index (χ4v) is 6.07. The number of amides is 2. The van der Waals surface area contributed by atoms with Crippen LogP contribution in [0.2, 0.25) is 0 Å². The maximum absolute atomic E-state index is 13.9. The molecule has 11 nitrogen and oxygen atoms in total. The van der Waals surface area contributed by atoms with Crippen molar-refractivity contribution in [2.75, 3.05) is 47.1 Å². The average molecular weight is 583 g/mol. The van der Waals surface area contributed by atoms with E-state index in [0.29, 0.717) is 60.0 Å². The number of carbonyl (C=O) groups excluding carboxylic acids is 2. The van der Waals surface area contributed by atoms with E-state index in [1.807, 2.05) is 24.3 Å². The van der Waals surface area contributed by atoms with Gasteiger partial charge in [0.2, 0.25) is 11.8 Å². The summed E-state index contributed by atoms with van der Waals surface area (Å²) in [4.78, 5) is 29.1. The molecule has 1 saturated heterocycles. The van der Waals surface area contributed by atoms with E-state index in [4.69, 9.17) is 18.9 Å². The Bertz CT molecular complexity index is 1320. The second-order valence-electron chi connectivity index (χ2n) is 10.7. The largest absolute Gasteiger partial charge is 0.497 e. The first kappa shape index (κ1) is 29.8. The van der Waals surface area contributed by atoms with E-state index >= 15 is 0 Å². The number of carbonyl (C=O) groups is 2. The molecule has 5 rings (SSSR count). The number of ether oxygens (including phenoxy) is 4. The van der Waals surface area contributed by atoms with Gasteiger partial charge in [0.25, 0.3) is 0 Å². The molecule has 4 N–H and O–H groups in total. The van der Waals surface area contributed by atoms with Crippen LogP contribution >= 0.6 is 0 Å². The lowest BCUT2D eigenvalue weighted by atomic mass is 9.77. The highest BCUT2D eigenvalue weighted by Gasteiger charge is 2.52. The van der Waals surface area contributed by atoms with Crippen molar-refractivity contribution in [3.8, 4) is 17.2 Å². The van der Waals surface area contributed by atoms with Crippen LogP contribution in [0.15, 0.2) is 48.0 Å². The van der Waals surface area contributed by atoms with Crippen LogP contribution < -0.4 is 19.5 Å². The topological polar surface area (TPSA) is 147 Å². The molecule has 2 aromatic rings. The number of hydrogen-bond donors (Lipinski definition) is 4. The number of benzene rings is 2. The van der Waals surface area contributed by atoms with Gasteiger partial charge in [0.15, 0.2) is 11.5 Å². The molecule has 0 radical (unpaired) electrons. The molecule has 0 bridgehead atoms. The number of nitrogens with zero attached hydrogens (tertiary/aromatic N) is 1. The van der Waals surface area contributed by atoms with Crippen molar-refractivity contribution < 1.29 is 43.9 Å². The van der Waals surface area contributed by atoms with E-state index in [-0.39, 0.29) is 38.1 Å². The molecule has 11 heteroatoms. The summed E-state index contributed by atoms with van der Waals surface area (Å²) in [5.74, 6) is -0.205. The Morgan fingerprint density at radius 3 is 2.64 bits per heavy atom. The van der Waals surface area contributed by atoms with Gasteiger partial charge < -0.3 is 44.5 Å². The fourth-order valence-electron chi connectivity index (χ4n) is 6.07. The first-order chi connectivity index (χ1) is 20.4. The number of nitrogens with one attached hydrogen (secondary N) is 1. The summed E-state index contributed by atoms with van der Waals surface area (Å²) in [6.07, 6.45) is 0.618. The molecular weight excluding hydrogens is 544 g/mol. The second-order valence-corrected chi connectivity index (χ2v) is 10.7. The van der Waals surface area contributed by atoms with Crippen molar-refractivity contribution in [1.29, 1.82) is 0 Å². The molecule has 1 unspecified atom stereocenters. The van der Waals surface area contributed by atoms with Gasteiger partial charge in [-0.15, -0.1) is 0 Å². The summed E-state index contributed by atoms with van der Waals surface area (Å²) >= 11 is 0. The van der Waals surface area contributed by atoms with Gasteiger partial charge in [0.1, 0.15) is 18.0 Å². The Labute approximate surface area is 244 Å². The molecule has 1 aliphatic carbocycles. The Kier molecular flexibility index (Phi) is 9.32. The van der Waals surface area contributed by atoms with Crippen molar-refractivity contribution >= 4 is 11.8 Å². The van der Waals surface area contributed by atoms with E-state index in [1.165, 1.54) is 7.11 Å². The molecule has 2 amide bonds. The highest BCUT2D eigenvalue weighted by atomic mass is 16.5. The highest BCUT2D eigenvalue weighted by Crippen LogP contribution is 2.51. The maximum atomic E-state index is 13.9. The maximum Gasteiger partial charge on any atom is 0.247 e. The number of fused-ring (bicyclic) bond motifs is 3. The van der Waals surface area contributed by atoms with Crippen molar-refractivity contribution in [3.63, 3.8) is 0 Å². The molecule has 2 aliphatic heterocycles. The zero-order valence-electron chi connectivity index (χ0n) is 23.8. The van der Waals surface area contributed by atoms with Gasteiger partial charge in [-0.25, -0.2) is 0 Å². The third-order valence-electron chi connectivity index (χ3n) is 8.19. The van der Waals surface area contributed by atoms with Crippen LogP contribution in [-0.2, 0) is 27.4 Å². The molecule has 42 heavy (non-hydrogen) atoms. The van der Waals surface area contributed by atoms with Crippen molar-refractivity contribution in [3.05, 3.63) is 64.7 Å². The summed E-state index contributed by atoms with van der Waals surface area (Å²) in [5.41, 5.74) is 2.43. The van der Waals surface area contributed by atoms with E-state index in [0.717, 1.165) is 5.56 Å². The Balaban J connectivity index is 1.55. The number of methoxy groups -OCH3 is 2. The van der Waals surface area contributed by atoms with Gasteiger partial charge in [-0.1, -0.05) is 12.1 Å². The molecule has 0 saturated carbocycles. The highest BCUT2D eigenvalue weighted by molar-refractivity contribution is 5.96.